The van der Waals surface area contributed by atoms with Gasteiger partial charge in [-0.25, -0.2) is 12.8 Å². The molecule has 0 amide bonds. The van der Waals surface area contributed by atoms with Gasteiger partial charge in [0.25, 0.3) is 0 Å². The highest BCUT2D eigenvalue weighted by Gasteiger charge is 2.55. The van der Waals surface area contributed by atoms with Crippen molar-refractivity contribution >= 4 is 10.0 Å². The van der Waals surface area contributed by atoms with Gasteiger partial charge in [-0.2, -0.15) is 13.1 Å². The molecule has 0 aromatic heterocycles. The summed E-state index contributed by atoms with van der Waals surface area (Å²) in [5.41, 5.74) is -0.633. The van der Waals surface area contributed by atoms with E-state index in [1.165, 1.54) is 4.31 Å². The molecule has 0 radical (unpaired) electrons. The van der Waals surface area contributed by atoms with Crippen LogP contribution in [0.3, 0.4) is 0 Å². The standard InChI is InChI=1S/C13H14F3NO4S/c14-9-1-2-10(21-12(15)16)11(7-9)22(18,19)17-5-6-20-8-13(17)3-4-13/h1-2,7,12H,3-6,8H2. The average Bonchev–Trinajstić information content (AvgIpc) is 3.20. The Labute approximate surface area is 125 Å². The van der Waals surface area contributed by atoms with Crippen LogP contribution in [0.4, 0.5) is 13.2 Å². The van der Waals surface area contributed by atoms with E-state index in [4.69, 9.17) is 4.74 Å². The van der Waals surface area contributed by atoms with Crippen molar-refractivity contribution in [3.05, 3.63) is 24.0 Å². The van der Waals surface area contributed by atoms with Crippen LogP contribution < -0.4 is 4.74 Å². The lowest BCUT2D eigenvalue weighted by Gasteiger charge is -2.35. The molecule has 5 nitrogen and oxygen atoms in total. The van der Waals surface area contributed by atoms with Gasteiger partial charge in [0, 0.05) is 6.54 Å². The Morgan fingerprint density at radius 2 is 2.05 bits per heavy atom. The summed E-state index contributed by atoms with van der Waals surface area (Å²) in [7, 11) is -4.15. The molecule has 122 valence electrons. The van der Waals surface area contributed by atoms with E-state index >= 15 is 0 Å². The summed E-state index contributed by atoms with van der Waals surface area (Å²) in [6, 6.07) is 2.48. The molecular formula is C13H14F3NO4S. The molecule has 2 aliphatic rings. The SMILES string of the molecule is O=S(=O)(c1cc(F)ccc1OC(F)F)N1CCOCC12CC2. The molecule has 2 fully saturated rings. The van der Waals surface area contributed by atoms with Gasteiger partial charge in [-0.3, -0.25) is 0 Å². The van der Waals surface area contributed by atoms with E-state index in [1.54, 1.807) is 0 Å². The Morgan fingerprint density at radius 3 is 2.68 bits per heavy atom. The highest BCUT2D eigenvalue weighted by atomic mass is 32.2. The number of hydrogen-bond acceptors (Lipinski definition) is 4. The smallest absolute Gasteiger partial charge is 0.387 e. The predicted octanol–water partition coefficient (Wildman–Crippen LogP) is 1.98. The van der Waals surface area contributed by atoms with Crippen LogP contribution in [0.1, 0.15) is 12.8 Å². The molecule has 0 bridgehead atoms. The molecule has 22 heavy (non-hydrogen) atoms. The summed E-state index contributed by atoms with van der Waals surface area (Å²) < 4.78 is 74.6. The molecule has 0 atom stereocenters. The molecule has 1 heterocycles. The first-order valence-corrected chi connectivity index (χ1v) is 8.14. The lowest BCUT2D eigenvalue weighted by Crippen LogP contribution is -2.50. The van der Waals surface area contributed by atoms with Gasteiger partial charge in [0.1, 0.15) is 16.5 Å². The third-order valence-electron chi connectivity index (χ3n) is 3.86. The number of sulfonamides is 1. The highest BCUT2D eigenvalue weighted by molar-refractivity contribution is 7.89. The quantitative estimate of drug-likeness (QED) is 0.843. The Bertz CT molecular complexity index is 676. The molecule has 1 aliphatic heterocycles. The minimum absolute atomic E-state index is 0.104. The van der Waals surface area contributed by atoms with E-state index in [2.05, 4.69) is 4.74 Å². The van der Waals surface area contributed by atoms with Gasteiger partial charge in [-0.05, 0) is 31.0 Å². The van der Waals surface area contributed by atoms with Crippen LogP contribution in [0.15, 0.2) is 23.1 Å². The summed E-state index contributed by atoms with van der Waals surface area (Å²) in [4.78, 5) is -0.582. The van der Waals surface area contributed by atoms with Gasteiger partial charge >= 0.3 is 6.61 Å². The van der Waals surface area contributed by atoms with Crippen molar-refractivity contribution in [2.24, 2.45) is 0 Å². The fraction of sp³-hybridized carbons (Fsp3) is 0.538. The fourth-order valence-electron chi connectivity index (χ4n) is 2.63. The van der Waals surface area contributed by atoms with E-state index < -0.39 is 38.6 Å². The van der Waals surface area contributed by atoms with Crippen molar-refractivity contribution < 1.29 is 31.1 Å². The minimum Gasteiger partial charge on any atom is -0.433 e. The van der Waals surface area contributed by atoms with E-state index in [0.29, 0.717) is 18.9 Å². The van der Waals surface area contributed by atoms with Gasteiger partial charge in [0.15, 0.2) is 0 Å². The minimum atomic E-state index is -4.15. The largest absolute Gasteiger partial charge is 0.433 e. The Kier molecular flexibility index (Phi) is 3.82. The number of ether oxygens (including phenoxy) is 2. The van der Waals surface area contributed by atoms with Crippen molar-refractivity contribution in [1.82, 2.24) is 4.31 Å². The van der Waals surface area contributed by atoms with Crippen molar-refractivity contribution in [3.63, 3.8) is 0 Å². The van der Waals surface area contributed by atoms with Crippen molar-refractivity contribution in [2.75, 3.05) is 19.8 Å². The molecule has 1 aromatic rings. The number of halogens is 3. The number of morpholine rings is 1. The van der Waals surface area contributed by atoms with Crippen LogP contribution >= 0.6 is 0 Å². The summed E-state index contributed by atoms with van der Waals surface area (Å²) >= 11 is 0. The van der Waals surface area contributed by atoms with Gasteiger partial charge in [0.2, 0.25) is 10.0 Å². The first kappa shape index (κ1) is 15.6. The molecule has 0 N–H and O–H groups in total. The van der Waals surface area contributed by atoms with Crippen molar-refractivity contribution in [3.8, 4) is 5.75 Å². The first-order chi connectivity index (χ1) is 10.3. The van der Waals surface area contributed by atoms with E-state index in [9.17, 15) is 21.6 Å². The van der Waals surface area contributed by atoms with Crippen LogP contribution in [0.25, 0.3) is 0 Å². The van der Waals surface area contributed by atoms with E-state index in [-0.39, 0.29) is 19.8 Å². The summed E-state index contributed by atoms with van der Waals surface area (Å²) in [5.74, 6) is -1.39. The van der Waals surface area contributed by atoms with Crippen LogP contribution in [0, 0.1) is 5.82 Å². The van der Waals surface area contributed by atoms with E-state index in [1.807, 2.05) is 0 Å². The lowest BCUT2D eigenvalue weighted by molar-refractivity contribution is -0.0519. The normalized spacial score (nSPS) is 21.3. The molecule has 1 spiro atoms. The molecule has 9 heteroatoms. The molecule has 1 aromatic carbocycles. The number of hydrogen-bond donors (Lipinski definition) is 0. The summed E-state index contributed by atoms with van der Waals surface area (Å²) in [6.07, 6.45) is 1.26. The van der Waals surface area contributed by atoms with Crippen LogP contribution in [-0.2, 0) is 14.8 Å². The van der Waals surface area contributed by atoms with Crippen molar-refractivity contribution in [2.45, 2.75) is 29.9 Å². The maximum absolute atomic E-state index is 13.4. The van der Waals surface area contributed by atoms with Gasteiger partial charge in [0.05, 0.1) is 18.8 Å². The lowest BCUT2D eigenvalue weighted by atomic mass is 10.2. The zero-order chi connectivity index (χ0) is 16.0. The van der Waals surface area contributed by atoms with Gasteiger partial charge < -0.3 is 9.47 Å². The Hall–Kier alpha value is -1.32. The molecular weight excluding hydrogens is 323 g/mol. The number of alkyl halides is 2. The fourth-order valence-corrected chi connectivity index (χ4v) is 4.56. The Balaban J connectivity index is 2.03. The second-order valence-corrected chi connectivity index (χ2v) is 7.15. The zero-order valence-corrected chi connectivity index (χ0v) is 12.3. The summed E-state index contributed by atoms with van der Waals surface area (Å²) in [6.45, 7) is -2.63. The van der Waals surface area contributed by atoms with Gasteiger partial charge in [-0.15, -0.1) is 0 Å². The predicted molar refractivity (Wildman–Crippen MR) is 69.7 cm³/mol. The first-order valence-electron chi connectivity index (χ1n) is 6.70. The molecule has 1 aliphatic carbocycles. The second kappa shape index (κ2) is 5.39. The van der Waals surface area contributed by atoms with Crippen LogP contribution in [-0.4, -0.2) is 44.6 Å². The van der Waals surface area contributed by atoms with Crippen LogP contribution in [0.5, 0.6) is 5.75 Å². The number of nitrogens with zero attached hydrogens (tertiary/aromatic N) is 1. The number of rotatable bonds is 4. The molecule has 1 saturated heterocycles. The third kappa shape index (κ3) is 2.68. The maximum atomic E-state index is 13.4. The monoisotopic (exact) mass is 337 g/mol. The maximum Gasteiger partial charge on any atom is 0.387 e. The highest BCUT2D eigenvalue weighted by Crippen LogP contribution is 2.47. The topological polar surface area (TPSA) is 55.8 Å². The average molecular weight is 337 g/mol. The molecule has 0 unspecified atom stereocenters. The van der Waals surface area contributed by atoms with Crippen molar-refractivity contribution in [1.29, 1.82) is 0 Å². The number of benzene rings is 1. The molecule has 3 rings (SSSR count). The summed E-state index contributed by atoms with van der Waals surface area (Å²) in [5, 5.41) is 0. The zero-order valence-electron chi connectivity index (χ0n) is 11.5. The second-order valence-electron chi connectivity index (χ2n) is 5.32. The third-order valence-corrected chi connectivity index (χ3v) is 5.88. The van der Waals surface area contributed by atoms with Crippen LogP contribution in [0.2, 0.25) is 0 Å². The van der Waals surface area contributed by atoms with E-state index in [0.717, 1.165) is 12.1 Å². The Morgan fingerprint density at radius 1 is 1.32 bits per heavy atom. The molecule has 1 saturated carbocycles. The van der Waals surface area contributed by atoms with Gasteiger partial charge in [-0.1, -0.05) is 0 Å².